The van der Waals surface area contributed by atoms with Crippen LogP contribution in [0.4, 0.5) is 14.5 Å². The van der Waals surface area contributed by atoms with Crippen LogP contribution in [-0.4, -0.2) is 0 Å². The van der Waals surface area contributed by atoms with Gasteiger partial charge in [-0.15, -0.1) is 0 Å². The molecule has 0 aliphatic heterocycles. The molecule has 2 nitrogen and oxygen atoms in total. The first kappa shape index (κ1) is 12.6. The standard InChI is InChI=1S/C13H10ClF2NO/c14-9-1-3-12(17)8(5-9)7-18-13-4-2-10(15)6-11(13)16/h1-6H,7,17H2. The van der Waals surface area contributed by atoms with Gasteiger partial charge in [-0.3, -0.25) is 0 Å². The van der Waals surface area contributed by atoms with E-state index >= 15 is 0 Å². The van der Waals surface area contributed by atoms with Gasteiger partial charge < -0.3 is 10.5 Å². The second-order valence-electron chi connectivity index (χ2n) is 3.71. The van der Waals surface area contributed by atoms with E-state index < -0.39 is 11.6 Å². The molecule has 18 heavy (non-hydrogen) atoms. The van der Waals surface area contributed by atoms with E-state index in [9.17, 15) is 8.78 Å². The third kappa shape index (κ3) is 2.90. The molecule has 2 aromatic carbocycles. The van der Waals surface area contributed by atoms with Crippen molar-refractivity contribution in [3.05, 3.63) is 58.6 Å². The SMILES string of the molecule is Nc1ccc(Cl)cc1COc1ccc(F)cc1F. The van der Waals surface area contributed by atoms with Crippen molar-refractivity contribution in [2.75, 3.05) is 5.73 Å². The molecule has 0 heterocycles. The fourth-order valence-electron chi connectivity index (χ4n) is 1.45. The summed E-state index contributed by atoms with van der Waals surface area (Å²) in [5.74, 6) is -1.44. The van der Waals surface area contributed by atoms with Crippen LogP contribution < -0.4 is 10.5 Å². The van der Waals surface area contributed by atoms with Crippen molar-refractivity contribution in [1.29, 1.82) is 0 Å². The van der Waals surface area contributed by atoms with Crippen molar-refractivity contribution < 1.29 is 13.5 Å². The third-order valence-electron chi connectivity index (χ3n) is 2.38. The summed E-state index contributed by atoms with van der Waals surface area (Å²) in [7, 11) is 0. The third-order valence-corrected chi connectivity index (χ3v) is 2.62. The number of hydrogen-bond donors (Lipinski definition) is 1. The van der Waals surface area contributed by atoms with Crippen molar-refractivity contribution >= 4 is 17.3 Å². The number of anilines is 1. The van der Waals surface area contributed by atoms with Crippen LogP contribution in [0.25, 0.3) is 0 Å². The number of halogens is 3. The molecule has 94 valence electrons. The van der Waals surface area contributed by atoms with Crippen molar-refractivity contribution in [2.45, 2.75) is 6.61 Å². The number of benzene rings is 2. The summed E-state index contributed by atoms with van der Waals surface area (Å²) in [4.78, 5) is 0. The van der Waals surface area contributed by atoms with Crippen molar-refractivity contribution in [3.63, 3.8) is 0 Å². The van der Waals surface area contributed by atoms with Crippen LogP contribution in [0, 0.1) is 11.6 Å². The molecule has 0 saturated carbocycles. The van der Waals surface area contributed by atoms with E-state index in [0.717, 1.165) is 12.1 Å². The molecule has 5 heteroatoms. The van der Waals surface area contributed by atoms with Crippen LogP contribution in [0.1, 0.15) is 5.56 Å². The van der Waals surface area contributed by atoms with Gasteiger partial charge in [0.25, 0.3) is 0 Å². The predicted molar refractivity (Wildman–Crippen MR) is 66.6 cm³/mol. The molecule has 2 aromatic rings. The van der Waals surface area contributed by atoms with Crippen LogP contribution in [0.3, 0.4) is 0 Å². The molecule has 0 bridgehead atoms. The zero-order valence-electron chi connectivity index (χ0n) is 9.29. The Morgan fingerprint density at radius 2 is 1.89 bits per heavy atom. The Kier molecular flexibility index (Phi) is 3.67. The maximum Gasteiger partial charge on any atom is 0.167 e. The van der Waals surface area contributed by atoms with E-state index in [1.54, 1.807) is 18.2 Å². The Hall–Kier alpha value is -1.81. The van der Waals surface area contributed by atoms with Gasteiger partial charge in [0.05, 0.1) is 0 Å². The normalized spacial score (nSPS) is 10.4. The minimum atomic E-state index is -0.754. The Labute approximate surface area is 108 Å². The molecular weight excluding hydrogens is 260 g/mol. The fraction of sp³-hybridized carbons (Fsp3) is 0.0769. The average Bonchev–Trinajstić information content (AvgIpc) is 2.32. The molecule has 2 rings (SSSR count). The molecule has 0 atom stereocenters. The number of hydrogen-bond acceptors (Lipinski definition) is 2. The Morgan fingerprint density at radius 1 is 1.11 bits per heavy atom. The van der Waals surface area contributed by atoms with E-state index in [4.69, 9.17) is 22.1 Å². The average molecular weight is 270 g/mol. The van der Waals surface area contributed by atoms with Gasteiger partial charge in [0, 0.05) is 22.3 Å². The first-order valence-electron chi connectivity index (χ1n) is 5.18. The fourth-order valence-corrected chi connectivity index (χ4v) is 1.64. The quantitative estimate of drug-likeness (QED) is 0.861. The van der Waals surface area contributed by atoms with E-state index in [0.29, 0.717) is 16.3 Å². The van der Waals surface area contributed by atoms with Crippen molar-refractivity contribution in [2.24, 2.45) is 0 Å². The van der Waals surface area contributed by atoms with Crippen LogP contribution in [0.5, 0.6) is 5.75 Å². The van der Waals surface area contributed by atoms with E-state index in [-0.39, 0.29) is 12.4 Å². The van der Waals surface area contributed by atoms with Crippen LogP contribution >= 0.6 is 11.6 Å². The van der Waals surface area contributed by atoms with Crippen LogP contribution in [0.2, 0.25) is 5.02 Å². The molecule has 2 N–H and O–H groups in total. The summed E-state index contributed by atoms with van der Waals surface area (Å²) >= 11 is 5.82. The second kappa shape index (κ2) is 5.23. The lowest BCUT2D eigenvalue weighted by Crippen LogP contribution is -2.01. The van der Waals surface area contributed by atoms with E-state index in [1.165, 1.54) is 6.07 Å². The zero-order valence-corrected chi connectivity index (χ0v) is 10.0. The molecule has 0 spiro atoms. The van der Waals surface area contributed by atoms with Crippen LogP contribution in [0.15, 0.2) is 36.4 Å². The molecule has 0 aromatic heterocycles. The molecule has 0 amide bonds. The van der Waals surface area contributed by atoms with Gasteiger partial charge in [-0.05, 0) is 30.3 Å². The van der Waals surface area contributed by atoms with Gasteiger partial charge in [0.2, 0.25) is 0 Å². The largest absolute Gasteiger partial charge is 0.486 e. The minimum Gasteiger partial charge on any atom is -0.486 e. The highest BCUT2D eigenvalue weighted by Crippen LogP contribution is 2.22. The monoisotopic (exact) mass is 269 g/mol. The highest BCUT2D eigenvalue weighted by Gasteiger charge is 2.07. The second-order valence-corrected chi connectivity index (χ2v) is 4.14. The number of nitrogens with two attached hydrogens (primary N) is 1. The summed E-state index contributed by atoms with van der Waals surface area (Å²) in [5, 5.41) is 0.516. The van der Waals surface area contributed by atoms with E-state index in [2.05, 4.69) is 0 Å². The summed E-state index contributed by atoms with van der Waals surface area (Å²) < 4.78 is 31.2. The molecule has 0 aliphatic carbocycles. The Bertz CT molecular complexity index is 575. The number of rotatable bonds is 3. The Morgan fingerprint density at radius 3 is 2.61 bits per heavy atom. The number of nitrogen functional groups attached to an aromatic ring is 1. The Balaban J connectivity index is 2.13. The summed E-state index contributed by atoms with van der Waals surface area (Å²) in [6, 6.07) is 8.04. The lowest BCUT2D eigenvalue weighted by Gasteiger charge is -2.09. The van der Waals surface area contributed by atoms with Crippen molar-refractivity contribution in [1.82, 2.24) is 0 Å². The first-order chi connectivity index (χ1) is 8.56. The summed E-state index contributed by atoms with van der Waals surface area (Å²) in [6.45, 7) is 0.0644. The number of ether oxygens (including phenoxy) is 1. The lowest BCUT2D eigenvalue weighted by molar-refractivity contribution is 0.290. The maximum atomic E-state index is 13.3. The van der Waals surface area contributed by atoms with Gasteiger partial charge in [-0.25, -0.2) is 8.78 Å². The molecule has 0 aliphatic rings. The summed E-state index contributed by atoms with van der Waals surface area (Å²) in [6.07, 6.45) is 0. The minimum absolute atomic E-state index is 0.0317. The first-order valence-corrected chi connectivity index (χ1v) is 5.56. The van der Waals surface area contributed by atoms with Gasteiger partial charge >= 0.3 is 0 Å². The highest BCUT2D eigenvalue weighted by atomic mass is 35.5. The maximum absolute atomic E-state index is 13.3. The molecule has 0 fully saturated rings. The van der Waals surface area contributed by atoms with Gasteiger partial charge in [0.15, 0.2) is 11.6 Å². The topological polar surface area (TPSA) is 35.2 Å². The lowest BCUT2D eigenvalue weighted by atomic mass is 10.2. The molecule has 0 radical (unpaired) electrons. The summed E-state index contributed by atoms with van der Waals surface area (Å²) in [5.41, 5.74) is 6.87. The smallest absolute Gasteiger partial charge is 0.167 e. The van der Waals surface area contributed by atoms with Gasteiger partial charge in [0.1, 0.15) is 12.4 Å². The van der Waals surface area contributed by atoms with Gasteiger partial charge in [-0.1, -0.05) is 11.6 Å². The molecular formula is C13H10ClF2NO. The highest BCUT2D eigenvalue weighted by molar-refractivity contribution is 6.30. The van der Waals surface area contributed by atoms with E-state index in [1.807, 2.05) is 0 Å². The zero-order chi connectivity index (χ0) is 13.1. The molecule has 0 unspecified atom stereocenters. The predicted octanol–water partition coefficient (Wildman–Crippen LogP) is 3.78. The van der Waals surface area contributed by atoms with Gasteiger partial charge in [-0.2, -0.15) is 0 Å². The van der Waals surface area contributed by atoms with Crippen LogP contribution in [-0.2, 0) is 6.61 Å². The molecule has 0 saturated heterocycles. The van der Waals surface area contributed by atoms with Crippen molar-refractivity contribution in [3.8, 4) is 5.75 Å².